The van der Waals surface area contributed by atoms with Crippen LogP contribution < -0.4 is 11.1 Å². The van der Waals surface area contributed by atoms with E-state index in [0.717, 1.165) is 31.6 Å². The maximum Gasteiger partial charge on any atom is 0.254 e. The van der Waals surface area contributed by atoms with Gasteiger partial charge in [-0.2, -0.15) is 5.10 Å². The number of carbonyl (C=O) groups excluding carboxylic acids is 1. The molecule has 1 aromatic heterocycles. The highest BCUT2D eigenvalue weighted by atomic mass is 16.1. The standard InChI is InChI=1S/C16H20N4O/c1-2-3-11-4-6-12(7-5-11)14-8-9-18-16-13(15(17)21)10-19-20(14)16/h4-7,10,14,18H,2-3,8-9H2,1H3,(H2,17,21). The molecule has 2 heterocycles. The quantitative estimate of drug-likeness (QED) is 0.905. The smallest absolute Gasteiger partial charge is 0.254 e. The second-order valence-corrected chi connectivity index (χ2v) is 5.44. The molecule has 1 aliphatic heterocycles. The van der Waals surface area contributed by atoms with Crippen LogP contribution in [0.1, 0.15) is 47.3 Å². The van der Waals surface area contributed by atoms with Gasteiger partial charge in [-0.3, -0.25) is 4.79 Å². The molecule has 2 aromatic rings. The number of amides is 1. The van der Waals surface area contributed by atoms with E-state index >= 15 is 0 Å². The Morgan fingerprint density at radius 3 is 2.86 bits per heavy atom. The average molecular weight is 284 g/mol. The molecule has 5 heteroatoms. The third-order valence-electron chi connectivity index (χ3n) is 3.97. The van der Waals surface area contributed by atoms with Crippen LogP contribution in [-0.4, -0.2) is 22.2 Å². The average Bonchev–Trinajstić information content (AvgIpc) is 2.92. The van der Waals surface area contributed by atoms with E-state index in [4.69, 9.17) is 5.73 Å². The largest absolute Gasteiger partial charge is 0.369 e. The van der Waals surface area contributed by atoms with Crippen LogP contribution in [0.15, 0.2) is 30.5 Å². The summed E-state index contributed by atoms with van der Waals surface area (Å²) in [6.07, 6.45) is 4.75. The fourth-order valence-corrected chi connectivity index (χ4v) is 2.91. The van der Waals surface area contributed by atoms with Crippen LogP contribution in [0.5, 0.6) is 0 Å². The summed E-state index contributed by atoms with van der Waals surface area (Å²) in [5.41, 5.74) is 8.42. The molecule has 1 atom stereocenters. The zero-order chi connectivity index (χ0) is 14.8. The predicted octanol–water partition coefficient (Wildman–Crippen LogP) is 2.34. The van der Waals surface area contributed by atoms with E-state index in [9.17, 15) is 4.79 Å². The van der Waals surface area contributed by atoms with Crippen LogP contribution in [0.4, 0.5) is 5.82 Å². The predicted molar refractivity (Wildman–Crippen MR) is 82.4 cm³/mol. The molecular formula is C16H20N4O. The number of nitrogens with one attached hydrogen (secondary N) is 1. The number of hydrogen-bond acceptors (Lipinski definition) is 3. The molecule has 0 spiro atoms. The zero-order valence-corrected chi connectivity index (χ0v) is 12.2. The Morgan fingerprint density at radius 2 is 2.19 bits per heavy atom. The maximum atomic E-state index is 11.4. The Kier molecular flexibility index (Phi) is 3.64. The fourth-order valence-electron chi connectivity index (χ4n) is 2.91. The van der Waals surface area contributed by atoms with Crippen molar-refractivity contribution in [1.29, 1.82) is 0 Å². The van der Waals surface area contributed by atoms with Crippen molar-refractivity contribution in [2.24, 2.45) is 5.73 Å². The van der Waals surface area contributed by atoms with Gasteiger partial charge < -0.3 is 11.1 Å². The molecule has 0 saturated carbocycles. The molecule has 21 heavy (non-hydrogen) atoms. The number of rotatable bonds is 4. The summed E-state index contributed by atoms with van der Waals surface area (Å²) in [5, 5.41) is 7.57. The van der Waals surface area contributed by atoms with Crippen LogP contribution in [0.25, 0.3) is 0 Å². The molecule has 1 aliphatic rings. The molecule has 1 unspecified atom stereocenters. The van der Waals surface area contributed by atoms with E-state index in [1.54, 1.807) is 6.20 Å². The van der Waals surface area contributed by atoms with Crippen molar-refractivity contribution in [3.05, 3.63) is 47.2 Å². The summed E-state index contributed by atoms with van der Waals surface area (Å²) in [6.45, 7) is 3.00. The van der Waals surface area contributed by atoms with Crippen molar-refractivity contribution in [1.82, 2.24) is 9.78 Å². The molecule has 3 rings (SSSR count). The van der Waals surface area contributed by atoms with Gasteiger partial charge in [-0.1, -0.05) is 37.6 Å². The summed E-state index contributed by atoms with van der Waals surface area (Å²) in [5.74, 6) is 0.291. The van der Waals surface area contributed by atoms with Gasteiger partial charge in [0.15, 0.2) is 0 Å². The van der Waals surface area contributed by atoms with Gasteiger partial charge in [0.05, 0.1) is 12.2 Å². The Labute approximate surface area is 124 Å². The van der Waals surface area contributed by atoms with Crippen molar-refractivity contribution in [2.45, 2.75) is 32.2 Å². The normalized spacial score (nSPS) is 17.1. The fraction of sp³-hybridized carbons (Fsp3) is 0.375. The first-order valence-corrected chi connectivity index (χ1v) is 7.40. The molecule has 1 amide bonds. The maximum absolute atomic E-state index is 11.4. The van der Waals surface area contributed by atoms with Gasteiger partial charge in [0.2, 0.25) is 0 Å². The number of nitrogens with zero attached hydrogens (tertiary/aromatic N) is 2. The van der Waals surface area contributed by atoms with Crippen molar-refractivity contribution in [3.63, 3.8) is 0 Å². The van der Waals surface area contributed by atoms with E-state index < -0.39 is 5.91 Å². The van der Waals surface area contributed by atoms with Crippen molar-refractivity contribution >= 4 is 11.7 Å². The molecule has 0 bridgehead atoms. The third-order valence-corrected chi connectivity index (χ3v) is 3.97. The van der Waals surface area contributed by atoms with Gasteiger partial charge >= 0.3 is 0 Å². The number of benzene rings is 1. The van der Waals surface area contributed by atoms with Crippen LogP contribution in [-0.2, 0) is 6.42 Å². The van der Waals surface area contributed by atoms with Crippen LogP contribution in [0.2, 0.25) is 0 Å². The Hall–Kier alpha value is -2.30. The summed E-state index contributed by atoms with van der Waals surface area (Å²) in [4.78, 5) is 11.4. The lowest BCUT2D eigenvalue weighted by Gasteiger charge is -2.26. The number of fused-ring (bicyclic) bond motifs is 1. The van der Waals surface area contributed by atoms with E-state index in [1.807, 2.05) is 4.68 Å². The summed E-state index contributed by atoms with van der Waals surface area (Å²) in [6, 6.07) is 8.84. The minimum Gasteiger partial charge on any atom is -0.369 e. The second kappa shape index (κ2) is 5.60. The lowest BCUT2D eigenvalue weighted by molar-refractivity contribution is 0.100. The first-order chi connectivity index (χ1) is 10.2. The number of anilines is 1. The number of hydrogen-bond donors (Lipinski definition) is 2. The molecule has 0 aliphatic carbocycles. The summed E-state index contributed by atoms with van der Waals surface area (Å²) in [7, 11) is 0. The van der Waals surface area contributed by atoms with Gasteiger partial charge in [-0.05, 0) is 24.0 Å². The lowest BCUT2D eigenvalue weighted by atomic mass is 9.99. The van der Waals surface area contributed by atoms with Gasteiger partial charge in [-0.25, -0.2) is 4.68 Å². The number of aryl methyl sites for hydroxylation is 1. The van der Waals surface area contributed by atoms with Crippen molar-refractivity contribution in [2.75, 3.05) is 11.9 Å². The first kappa shape index (κ1) is 13.7. The van der Waals surface area contributed by atoms with Gasteiger partial charge in [-0.15, -0.1) is 0 Å². The molecule has 0 saturated heterocycles. The molecule has 3 N–H and O–H groups in total. The highest BCUT2D eigenvalue weighted by molar-refractivity contribution is 5.97. The number of carbonyl (C=O) groups is 1. The monoisotopic (exact) mass is 284 g/mol. The summed E-state index contributed by atoms with van der Waals surface area (Å²) < 4.78 is 1.87. The first-order valence-electron chi connectivity index (χ1n) is 7.40. The Balaban J connectivity index is 1.93. The topological polar surface area (TPSA) is 72.9 Å². The molecule has 0 radical (unpaired) electrons. The molecule has 0 fully saturated rings. The van der Waals surface area contributed by atoms with E-state index in [1.165, 1.54) is 11.1 Å². The van der Waals surface area contributed by atoms with Crippen LogP contribution in [0.3, 0.4) is 0 Å². The minimum absolute atomic E-state index is 0.157. The molecule has 1 aromatic carbocycles. The number of nitrogens with two attached hydrogens (primary N) is 1. The molecule has 5 nitrogen and oxygen atoms in total. The molecule has 110 valence electrons. The second-order valence-electron chi connectivity index (χ2n) is 5.44. The van der Waals surface area contributed by atoms with E-state index in [2.05, 4.69) is 41.6 Å². The van der Waals surface area contributed by atoms with Crippen LogP contribution >= 0.6 is 0 Å². The van der Waals surface area contributed by atoms with Crippen LogP contribution in [0, 0.1) is 0 Å². The number of primary amides is 1. The van der Waals surface area contributed by atoms with E-state index in [-0.39, 0.29) is 6.04 Å². The Morgan fingerprint density at radius 1 is 1.43 bits per heavy atom. The highest BCUT2D eigenvalue weighted by Gasteiger charge is 2.25. The van der Waals surface area contributed by atoms with Gasteiger partial charge in [0.25, 0.3) is 5.91 Å². The lowest BCUT2D eigenvalue weighted by Crippen LogP contribution is -2.26. The minimum atomic E-state index is -0.442. The van der Waals surface area contributed by atoms with Gasteiger partial charge in [0, 0.05) is 6.54 Å². The SMILES string of the molecule is CCCc1ccc(C2CCNc3c(C(N)=O)cnn32)cc1. The van der Waals surface area contributed by atoms with Crippen molar-refractivity contribution in [3.8, 4) is 0 Å². The van der Waals surface area contributed by atoms with Crippen molar-refractivity contribution < 1.29 is 4.79 Å². The zero-order valence-electron chi connectivity index (χ0n) is 12.2. The highest BCUT2D eigenvalue weighted by Crippen LogP contribution is 2.31. The third kappa shape index (κ3) is 2.51. The number of aromatic nitrogens is 2. The van der Waals surface area contributed by atoms with E-state index in [0.29, 0.717) is 5.56 Å². The molecular weight excluding hydrogens is 264 g/mol. The Bertz CT molecular complexity index is 645. The van der Waals surface area contributed by atoms with Gasteiger partial charge in [0.1, 0.15) is 11.4 Å². The summed E-state index contributed by atoms with van der Waals surface area (Å²) >= 11 is 0.